The number of carbonyl (C=O) groups is 1. The number of carbonyl (C=O) groups excluding carboxylic acids is 1. The number of hydrogen-bond donors (Lipinski definition) is 1. The van der Waals surface area contributed by atoms with E-state index < -0.39 is 0 Å². The van der Waals surface area contributed by atoms with Gasteiger partial charge in [-0.15, -0.1) is 0 Å². The zero-order valence-electron chi connectivity index (χ0n) is 14.7. The van der Waals surface area contributed by atoms with Crippen molar-refractivity contribution in [1.82, 2.24) is 20.1 Å². The Labute approximate surface area is 144 Å². The molecule has 2 saturated heterocycles. The summed E-state index contributed by atoms with van der Waals surface area (Å²) in [6.45, 7) is 3.79. The van der Waals surface area contributed by atoms with Crippen LogP contribution in [0.1, 0.15) is 31.2 Å². The molecule has 6 heteroatoms. The van der Waals surface area contributed by atoms with Crippen molar-refractivity contribution >= 4 is 6.03 Å². The van der Waals surface area contributed by atoms with Crippen LogP contribution in [0.5, 0.6) is 0 Å². The van der Waals surface area contributed by atoms with Gasteiger partial charge in [-0.3, -0.25) is 9.88 Å². The summed E-state index contributed by atoms with van der Waals surface area (Å²) in [7, 11) is 3.56. The maximum atomic E-state index is 11.9. The monoisotopic (exact) mass is 332 g/mol. The highest BCUT2D eigenvalue weighted by Crippen LogP contribution is 2.35. The summed E-state index contributed by atoms with van der Waals surface area (Å²) >= 11 is 0. The van der Waals surface area contributed by atoms with E-state index in [4.69, 9.17) is 4.74 Å². The van der Waals surface area contributed by atoms with Crippen molar-refractivity contribution in [3.8, 4) is 0 Å². The molecule has 3 heterocycles. The average Bonchev–Trinajstić information content (AvgIpc) is 2.58. The van der Waals surface area contributed by atoms with Crippen LogP contribution in [0, 0.1) is 0 Å². The van der Waals surface area contributed by atoms with Crippen molar-refractivity contribution in [2.24, 2.45) is 0 Å². The van der Waals surface area contributed by atoms with E-state index in [1.54, 1.807) is 19.0 Å². The van der Waals surface area contributed by atoms with Gasteiger partial charge < -0.3 is 15.0 Å². The van der Waals surface area contributed by atoms with Gasteiger partial charge in [0.15, 0.2) is 0 Å². The minimum absolute atomic E-state index is 0.00725. The first-order chi connectivity index (χ1) is 11.6. The van der Waals surface area contributed by atoms with Crippen LogP contribution in [-0.2, 0) is 11.3 Å². The Bertz CT molecular complexity index is 541. The standard InChI is InChI=1S/C18H28N4O2/c1-21(2)17(23)20-16-5-12-24-18(13-16)6-10-22(11-7-18)14-15-3-8-19-9-4-15/h3-4,8-9,16H,5-7,10-14H2,1-2H3,(H,20,23)/t16-/m1/s1. The highest BCUT2D eigenvalue weighted by Gasteiger charge is 2.40. The van der Waals surface area contributed by atoms with Crippen LogP contribution < -0.4 is 5.32 Å². The Balaban J connectivity index is 1.51. The number of hydrogen-bond acceptors (Lipinski definition) is 4. The number of likely N-dealkylation sites (tertiary alicyclic amines) is 1. The number of amides is 2. The second-order valence-corrected chi connectivity index (χ2v) is 7.20. The van der Waals surface area contributed by atoms with Gasteiger partial charge in [0, 0.05) is 58.8 Å². The molecule has 1 N–H and O–H groups in total. The third-order valence-corrected chi connectivity index (χ3v) is 5.15. The fraction of sp³-hybridized carbons (Fsp3) is 0.667. The maximum Gasteiger partial charge on any atom is 0.317 e. The van der Waals surface area contributed by atoms with Gasteiger partial charge >= 0.3 is 6.03 Å². The van der Waals surface area contributed by atoms with Gasteiger partial charge in [-0.2, -0.15) is 0 Å². The fourth-order valence-electron chi connectivity index (χ4n) is 3.67. The Morgan fingerprint density at radius 3 is 2.75 bits per heavy atom. The molecule has 2 aliphatic rings. The van der Waals surface area contributed by atoms with Crippen molar-refractivity contribution in [1.29, 1.82) is 0 Å². The Kier molecular flexibility index (Phi) is 5.36. The summed E-state index contributed by atoms with van der Waals surface area (Å²) in [4.78, 5) is 20.0. The molecule has 132 valence electrons. The summed E-state index contributed by atoms with van der Waals surface area (Å²) in [5.74, 6) is 0. The van der Waals surface area contributed by atoms with Gasteiger partial charge in [0.2, 0.25) is 0 Å². The highest BCUT2D eigenvalue weighted by molar-refractivity contribution is 5.73. The summed E-state index contributed by atoms with van der Waals surface area (Å²) in [5, 5.41) is 3.13. The van der Waals surface area contributed by atoms with Crippen LogP contribution >= 0.6 is 0 Å². The van der Waals surface area contributed by atoms with E-state index in [1.165, 1.54) is 5.56 Å². The second kappa shape index (κ2) is 7.49. The van der Waals surface area contributed by atoms with Crippen LogP contribution in [-0.4, -0.2) is 66.2 Å². The molecular weight excluding hydrogens is 304 g/mol. The molecule has 3 rings (SSSR count). The van der Waals surface area contributed by atoms with E-state index >= 15 is 0 Å². The number of ether oxygens (including phenoxy) is 1. The maximum absolute atomic E-state index is 11.9. The van der Waals surface area contributed by atoms with Crippen molar-refractivity contribution in [2.75, 3.05) is 33.8 Å². The lowest BCUT2D eigenvalue weighted by Gasteiger charge is -2.46. The molecule has 0 saturated carbocycles. The van der Waals surface area contributed by atoms with E-state index in [9.17, 15) is 4.79 Å². The average molecular weight is 332 g/mol. The van der Waals surface area contributed by atoms with Crippen LogP contribution in [0.25, 0.3) is 0 Å². The molecule has 0 bridgehead atoms. The van der Waals surface area contributed by atoms with E-state index in [1.807, 2.05) is 12.4 Å². The third-order valence-electron chi connectivity index (χ3n) is 5.15. The summed E-state index contributed by atoms with van der Waals surface area (Å²) < 4.78 is 6.18. The van der Waals surface area contributed by atoms with Gasteiger partial charge in [0.05, 0.1) is 5.60 Å². The molecule has 1 atom stereocenters. The van der Waals surface area contributed by atoms with Crippen molar-refractivity contribution in [3.05, 3.63) is 30.1 Å². The first-order valence-electron chi connectivity index (χ1n) is 8.79. The van der Waals surface area contributed by atoms with Crippen LogP contribution in [0.2, 0.25) is 0 Å². The molecule has 24 heavy (non-hydrogen) atoms. The smallest absolute Gasteiger partial charge is 0.317 e. The Morgan fingerprint density at radius 1 is 1.38 bits per heavy atom. The molecule has 2 aliphatic heterocycles. The third kappa shape index (κ3) is 4.24. The van der Waals surface area contributed by atoms with Gasteiger partial charge in [-0.05, 0) is 43.4 Å². The minimum Gasteiger partial charge on any atom is -0.375 e. The van der Waals surface area contributed by atoms with E-state index in [0.29, 0.717) is 0 Å². The molecule has 1 aromatic heterocycles. The highest BCUT2D eigenvalue weighted by atomic mass is 16.5. The number of nitrogens with zero attached hydrogens (tertiary/aromatic N) is 3. The first-order valence-corrected chi connectivity index (χ1v) is 8.79. The van der Waals surface area contributed by atoms with Gasteiger partial charge in [0.1, 0.15) is 0 Å². The molecule has 2 fully saturated rings. The number of piperidine rings is 1. The summed E-state index contributed by atoms with van der Waals surface area (Å²) in [5.41, 5.74) is 1.25. The fourth-order valence-corrected chi connectivity index (χ4v) is 3.67. The van der Waals surface area contributed by atoms with Gasteiger partial charge in [-0.25, -0.2) is 4.79 Å². The number of aromatic nitrogens is 1. The zero-order valence-corrected chi connectivity index (χ0v) is 14.7. The number of rotatable bonds is 3. The molecule has 1 spiro atoms. The van der Waals surface area contributed by atoms with Crippen molar-refractivity contribution in [2.45, 2.75) is 43.9 Å². The largest absolute Gasteiger partial charge is 0.375 e. The Hall–Kier alpha value is -1.66. The molecule has 0 aliphatic carbocycles. The molecule has 0 unspecified atom stereocenters. The van der Waals surface area contributed by atoms with E-state index in [2.05, 4.69) is 27.3 Å². The molecule has 2 amide bonds. The number of pyridine rings is 1. The normalized spacial score (nSPS) is 23.8. The lowest BCUT2D eigenvalue weighted by Crippen LogP contribution is -2.54. The van der Waals surface area contributed by atoms with Crippen molar-refractivity contribution in [3.63, 3.8) is 0 Å². The van der Waals surface area contributed by atoms with E-state index in [0.717, 1.165) is 51.9 Å². The SMILES string of the molecule is CN(C)C(=O)N[C@@H]1CCOC2(CCN(Cc3ccncc3)CC2)C1. The summed E-state index contributed by atoms with van der Waals surface area (Å²) in [6, 6.07) is 4.37. The minimum atomic E-state index is -0.0583. The first kappa shape index (κ1) is 17.2. The number of nitrogens with one attached hydrogen (secondary N) is 1. The lowest BCUT2D eigenvalue weighted by molar-refractivity contribution is -0.119. The predicted molar refractivity (Wildman–Crippen MR) is 92.7 cm³/mol. The molecule has 6 nitrogen and oxygen atoms in total. The van der Waals surface area contributed by atoms with Gasteiger partial charge in [-0.1, -0.05) is 0 Å². The van der Waals surface area contributed by atoms with Crippen molar-refractivity contribution < 1.29 is 9.53 Å². The predicted octanol–water partition coefficient (Wildman–Crippen LogP) is 1.87. The second-order valence-electron chi connectivity index (χ2n) is 7.20. The summed E-state index contributed by atoms with van der Waals surface area (Å²) in [6.07, 6.45) is 7.60. The zero-order chi connectivity index (χ0) is 17.0. The quantitative estimate of drug-likeness (QED) is 0.918. The molecule has 1 aromatic rings. The molecule has 0 radical (unpaired) electrons. The van der Waals surface area contributed by atoms with Gasteiger partial charge in [0.25, 0.3) is 0 Å². The molecule has 0 aromatic carbocycles. The lowest BCUT2D eigenvalue weighted by atomic mass is 9.82. The topological polar surface area (TPSA) is 57.7 Å². The van der Waals surface area contributed by atoms with Crippen LogP contribution in [0.3, 0.4) is 0 Å². The molecular formula is C18H28N4O2. The van der Waals surface area contributed by atoms with E-state index in [-0.39, 0.29) is 17.7 Å². The van der Waals surface area contributed by atoms with Crippen LogP contribution in [0.4, 0.5) is 4.79 Å². The van der Waals surface area contributed by atoms with Crippen LogP contribution in [0.15, 0.2) is 24.5 Å². The Morgan fingerprint density at radius 2 is 2.08 bits per heavy atom. The number of urea groups is 1.